The summed E-state index contributed by atoms with van der Waals surface area (Å²) in [5.74, 6) is -0.665. The molecule has 152 valence electrons. The van der Waals surface area contributed by atoms with Crippen molar-refractivity contribution in [3.63, 3.8) is 0 Å². The zero-order valence-corrected chi connectivity index (χ0v) is 15.9. The second kappa shape index (κ2) is 8.59. The molecule has 0 radical (unpaired) electrons. The standard InChI is InChI=1S/C21H24N4O4/c26-20(24-16-9-15(10-16)21(27)28)14-3-1-2-13(8-14)12-29-17-4-5-18(22-11-17)19-6-7-23-25-19/h1-5,8,11,15-16,19,23,25H,6-7,9-10,12H2,(H,24,26)(H,27,28). The minimum Gasteiger partial charge on any atom is -0.487 e. The summed E-state index contributed by atoms with van der Waals surface area (Å²) in [5.41, 5.74) is 8.66. The molecule has 1 atom stereocenters. The first kappa shape index (κ1) is 19.4. The Bertz CT molecular complexity index is 875. The summed E-state index contributed by atoms with van der Waals surface area (Å²) in [6.07, 6.45) is 3.68. The van der Waals surface area contributed by atoms with Crippen LogP contribution in [0, 0.1) is 5.92 Å². The van der Waals surface area contributed by atoms with Gasteiger partial charge in [-0.1, -0.05) is 12.1 Å². The lowest BCUT2D eigenvalue weighted by Gasteiger charge is -2.32. The summed E-state index contributed by atoms with van der Waals surface area (Å²) in [4.78, 5) is 27.7. The van der Waals surface area contributed by atoms with E-state index in [0.717, 1.165) is 24.2 Å². The summed E-state index contributed by atoms with van der Waals surface area (Å²) in [5, 5.41) is 11.8. The van der Waals surface area contributed by atoms with E-state index in [9.17, 15) is 9.59 Å². The van der Waals surface area contributed by atoms with Gasteiger partial charge in [0.25, 0.3) is 5.91 Å². The molecule has 1 aromatic heterocycles. The third-order valence-electron chi connectivity index (χ3n) is 5.37. The van der Waals surface area contributed by atoms with Crippen LogP contribution < -0.4 is 20.9 Å². The second-order valence-electron chi connectivity index (χ2n) is 7.50. The molecule has 0 bridgehead atoms. The summed E-state index contributed by atoms with van der Waals surface area (Å²) >= 11 is 0. The molecule has 29 heavy (non-hydrogen) atoms. The van der Waals surface area contributed by atoms with Crippen LogP contribution in [-0.2, 0) is 11.4 Å². The molecule has 8 heteroatoms. The molecule has 4 N–H and O–H groups in total. The van der Waals surface area contributed by atoms with Gasteiger partial charge in [-0.05, 0) is 49.1 Å². The summed E-state index contributed by atoms with van der Waals surface area (Å²) in [6.45, 7) is 1.26. The predicted octanol–water partition coefficient (Wildman–Crippen LogP) is 1.79. The van der Waals surface area contributed by atoms with Gasteiger partial charge in [-0.3, -0.25) is 20.0 Å². The maximum atomic E-state index is 12.4. The van der Waals surface area contributed by atoms with Gasteiger partial charge in [0.05, 0.1) is 23.9 Å². The van der Waals surface area contributed by atoms with Crippen LogP contribution in [0.25, 0.3) is 0 Å². The number of aromatic nitrogens is 1. The number of carboxylic acids is 1. The monoisotopic (exact) mass is 396 g/mol. The van der Waals surface area contributed by atoms with Gasteiger partial charge >= 0.3 is 5.97 Å². The van der Waals surface area contributed by atoms with Crippen molar-refractivity contribution in [3.05, 3.63) is 59.4 Å². The number of hydrogen-bond acceptors (Lipinski definition) is 6. The van der Waals surface area contributed by atoms with E-state index in [2.05, 4.69) is 21.2 Å². The van der Waals surface area contributed by atoms with Crippen molar-refractivity contribution >= 4 is 11.9 Å². The van der Waals surface area contributed by atoms with Crippen LogP contribution in [-0.4, -0.2) is 34.6 Å². The van der Waals surface area contributed by atoms with Crippen LogP contribution in [0.3, 0.4) is 0 Å². The number of hydrazine groups is 1. The fraction of sp³-hybridized carbons (Fsp3) is 0.381. The molecule has 4 rings (SSSR count). The minimum absolute atomic E-state index is 0.0716. The highest BCUT2D eigenvalue weighted by molar-refractivity contribution is 5.94. The number of benzene rings is 1. The highest BCUT2D eigenvalue weighted by Gasteiger charge is 2.35. The zero-order valence-electron chi connectivity index (χ0n) is 15.9. The Hall–Kier alpha value is -2.97. The lowest BCUT2D eigenvalue weighted by atomic mass is 9.80. The van der Waals surface area contributed by atoms with E-state index in [0.29, 0.717) is 30.8 Å². The molecular formula is C21H24N4O4. The van der Waals surface area contributed by atoms with E-state index in [-0.39, 0.29) is 23.9 Å². The number of carbonyl (C=O) groups excluding carboxylic acids is 1. The summed E-state index contributed by atoms with van der Waals surface area (Å²) in [7, 11) is 0. The van der Waals surface area contributed by atoms with Gasteiger partial charge < -0.3 is 15.2 Å². The van der Waals surface area contributed by atoms with Crippen molar-refractivity contribution in [1.29, 1.82) is 0 Å². The fourth-order valence-electron chi connectivity index (χ4n) is 3.56. The quantitative estimate of drug-likeness (QED) is 0.564. The normalized spacial score (nSPS) is 23.2. The van der Waals surface area contributed by atoms with Crippen LogP contribution in [0.15, 0.2) is 42.6 Å². The number of nitrogens with zero attached hydrogens (tertiary/aromatic N) is 1. The fourth-order valence-corrected chi connectivity index (χ4v) is 3.56. The van der Waals surface area contributed by atoms with E-state index >= 15 is 0 Å². The van der Waals surface area contributed by atoms with E-state index in [1.165, 1.54) is 0 Å². The van der Waals surface area contributed by atoms with Crippen molar-refractivity contribution in [2.75, 3.05) is 6.54 Å². The average molecular weight is 396 g/mol. The molecular weight excluding hydrogens is 372 g/mol. The molecule has 2 fully saturated rings. The molecule has 1 saturated carbocycles. The lowest BCUT2D eigenvalue weighted by Crippen LogP contribution is -2.46. The number of amides is 1. The summed E-state index contributed by atoms with van der Waals surface area (Å²) in [6, 6.07) is 11.2. The first-order valence-corrected chi connectivity index (χ1v) is 9.78. The molecule has 1 aromatic carbocycles. The molecule has 2 aliphatic rings. The zero-order chi connectivity index (χ0) is 20.2. The van der Waals surface area contributed by atoms with Gasteiger partial charge in [-0.2, -0.15) is 0 Å². The maximum absolute atomic E-state index is 12.4. The maximum Gasteiger partial charge on any atom is 0.306 e. The number of ether oxygens (including phenoxy) is 1. The molecule has 8 nitrogen and oxygen atoms in total. The van der Waals surface area contributed by atoms with E-state index in [1.54, 1.807) is 18.3 Å². The van der Waals surface area contributed by atoms with E-state index in [4.69, 9.17) is 9.84 Å². The van der Waals surface area contributed by atoms with Gasteiger partial charge in [-0.15, -0.1) is 0 Å². The Kier molecular flexibility index (Phi) is 5.73. The van der Waals surface area contributed by atoms with Gasteiger partial charge in [-0.25, -0.2) is 5.43 Å². The van der Waals surface area contributed by atoms with Crippen molar-refractivity contribution < 1.29 is 19.4 Å². The highest BCUT2D eigenvalue weighted by Crippen LogP contribution is 2.27. The van der Waals surface area contributed by atoms with Crippen molar-refractivity contribution in [2.24, 2.45) is 5.92 Å². The number of hydrogen-bond donors (Lipinski definition) is 4. The van der Waals surface area contributed by atoms with Gasteiger partial charge in [0.15, 0.2) is 0 Å². The predicted molar refractivity (Wildman–Crippen MR) is 105 cm³/mol. The minimum atomic E-state index is -0.798. The Morgan fingerprint density at radius 2 is 2.10 bits per heavy atom. The van der Waals surface area contributed by atoms with Crippen molar-refractivity contribution in [1.82, 2.24) is 21.2 Å². The first-order valence-electron chi connectivity index (χ1n) is 9.78. The average Bonchev–Trinajstić information content (AvgIpc) is 3.24. The molecule has 1 amide bonds. The van der Waals surface area contributed by atoms with Gasteiger partial charge in [0, 0.05) is 18.2 Å². The van der Waals surface area contributed by atoms with E-state index in [1.807, 2.05) is 24.3 Å². The number of aliphatic carboxylic acids is 1. The third kappa shape index (κ3) is 4.72. The first-order chi connectivity index (χ1) is 14.1. The number of nitrogens with one attached hydrogen (secondary N) is 3. The largest absolute Gasteiger partial charge is 0.487 e. The highest BCUT2D eigenvalue weighted by atomic mass is 16.5. The van der Waals surface area contributed by atoms with E-state index < -0.39 is 5.97 Å². The molecule has 2 heterocycles. The Balaban J connectivity index is 1.29. The van der Waals surface area contributed by atoms with Gasteiger partial charge in [0.1, 0.15) is 12.4 Å². The number of pyridine rings is 1. The summed E-state index contributed by atoms with van der Waals surface area (Å²) < 4.78 is 5.80. The Labute approximate surface area is 168 Å². The van der Waals surface area contributed by atoms with Crippen LogP contribution in [0.5, 0.6) is 5.75 Å². The van der Waals surface area contributed by atoms with Crippen LogP contribution in [0.2, 0.25) is 0 Å². The number of carbonyl (C=O) groups is 2. The number of rotatable bonds is 7. The lowest BCUT2D eigenvalue weighted by molar-refractivity contribution is -0.145. The molecule has 1 saturated heterocycles. The van der Waals surface area contributed by atoms with Crippen molar-refractivity contribution in [3.8, 4) is 5.75 Å². The van der Waals surface area contributed by atoms with Crippen molar-refractivity contribution in [2.45, 2.75) is 38.0 Å². The van der Waals surface area contributed by atoms with Gasteiger partial charge in [0.2, 0.25) is 0 Å². The van der Waals surface area contributed by atoms with Crippen LogP contribution in [0.1, 0.15) is 46.9 Å². The second-order valence-corrected chi connectivity index (χ2v) is 7.50. The van der Waals surface area contributed by atoms with Crippen LogP contribution in [0.4, 0.5) is 0 Å². The SMILES string of the molecule is O=C(NC1CC(C(=O)O)C1)c1cccc(COc2ccc(C3CCNN3)nc2)c1. The smallest absolute Gasteiger partial charge is 0.306 e. The topological polar surface area (TPSA) is 113 Å². The molecule has 0 spiro atoms. The molecule has 2 aromatic rings. The molecule has 1 unspecified atom stereocenters. The molecule has 1 aliphatic carbocycles. The Morgan fingerprint density at radius 1 is 1.24 bits per heavy atom. The van der Waals surface area contributed by atoms with Crippen LogP contribution >= 0.6 is 0 Å². The molecule has 1 aliphatic heterocycles. The Morgan fingerprint density at radius 3 is 2.79 bits per heavy atom. The number of carboxylic acid groups (broad SMARTS) is 1. The third-order valence-corrected chi connectivity index (χ3v) is 5.37.